The van der Waals surface area contributed by atoms with Gasteiger partial charge in [-0.05, 0) is 12.8 Å². The molecular formula is C6H10N2S. The van der Waals surface area contributed by atoms with Crippen molar-refractivity contribution in [2.24, 2.45) is 0 Å². The Hall–Kier alpha value is -0.440. The molecule has 2 nitrogen and oxygen atoms in total. The molecule has 1 aromatic heterocycles. The Labute approximate surface area is 58.9 Å². The van der Waals surface area contributed by atoms with Gasteiger partial charge in [-0.15, -0.1) is 21.5 Å². The lowest BCUT2D eigenvalue weighted by molar-refractivity contribution is 0.936. The first-order valence-electron chi connectivity index (χ1n) is 3.18. The lowest BCUT2D eigenvalue weighted by atomic mass is 10.5. The number of nitrogens with zero attached hydrogens (tertiary/aromatic N) is 2. The third-order valence-electron chi connectivity index (χ3n) is 1.11. The largest absolute Gasteiger partial charge is 0.144 e. The standard InChI is InChI=1S/C6H10N2S/c1-3-5-7-8-6(4-2)9-5/h3-4H2,1-2H3. The van der Waals surface area contributed by atoms with Crippen molar-refractivity contribution in [3.8, 4) is 0 Å². The quantitative estimate of drug-likeness (QED) is 0.627. The number of aromatic nitrogens is 2. The summed E-state index contributed by atoms with van der Waals surface area (Å²) in [6, 6.07) is 0. The van der Waals surface area contributed by atoms with Gasteiger partial charge >= 0.3 is 0 Å². The molecule has 50 valence electrons. The zero-order chi connectivity index (χ0) is 6.69. The SMILES string of the molecule is CCc1nnc(CC)s1. The van der Waals surface area contributed by atoms with E-state index in [0.29, 0.717) is 0 Å². The van der Waals surface area contributed by atoms with Crippen LogP contribution in [0.4, 0.5) is 0 Å². The van der Waals surface area contributed by atoms with Crippen LogP contribution in [0.1, 0.15) is 23.9 Å². The van der Waals surface area contributed by atoms with Gasteiger partial charge in [0, 0.05) is 0 Å². The topological polar surface area (TPSA) is 25.8 Å². The van der Waals surface area contributed by atoms with Gasteiger partial charge in [-0.25, -0.2) is 0 Å². The second kappa shape index (κ2) is 2.92. The first-order chi connectivity index (χ1) is 4.36. The maximum atomic E-state index is 3.97. The van der Waals surface area contributed by atoms with Gasteiger partial charge in [0.25, 0.3) is 0 Å². The molecule has 0 saturated heterocycles. The van der Waals surface area contributed by atoms with Crippen LogP contribution in [0.3, 0.4) is 0 Å². The maximum Gasteiger partial charge on any atom is 0.117 e. The summed E-state index contributed by atoms with van der Waals surface area (Å²) in [5.74, 6) is 0. The van der Waals surface area contributed by atoms with Crippen molar-refractivity contribution in [2.45, 2.75) is 26.7 Å². The highest BCUT2D eigenvalue weighted by Crippen LogP contribution is 2.09. The Morgan fingerprint density at radius 2 is 1.56 bits per heavy atom. The second-order valence-corrected chi connectivity index (χ2v) is 2.94. The molecule has 0 fully saturated rings. The fourth-order valence-electron chi connectivity index (χ4n) is 0.574. The van der Waals surface area contributed by atoms with E-state index >= 15 is 0 Å². The molecule has 3 heteroatoms. The second-order valence-electron chi connectivity index (χ2n) is 1.80. The van der Waals surface area contributed by atoms with E-state index in [1.807, 2.05) is 0 Å². The molecule has 0 aromatic carbocycles. The molecule has 0 spiro atoms. The van der Waals surface area contributed by atoms with Crippen LogP contribution >= 0.6 is 11.3 Å². The fraction of sp³-hybridized carbons (Fsp3) is 0.667. The van der Waals surface area contributed by atoms with Crippen LogP contribution in [-0.2, 0) is 12.8 Å². The summed E-state index contributed by atoms with van der Waals surface area (Å²) in [4.78, 5) is 0. The molecule has 1 rings (SSSR count). The Morgan fingerprint density at radius 1 is 1.11 bits per heavy atom. The van der Waals surface area contributed by atoms with E-state index in [2.05, 4.69) is 24.0 Å². The van der Waals surface area contributed by atoms with Crippen LogP contribution in [-0.4, -0.2) is 10.2 Å². The molecule has 0 aliphatic rings. The van der Waals surface area contributed by atoms with Gasteiger partial charge < -0.3 is 0 Å². The van der Waals surface area contributed by atoms with E-state index in [9.17, 15) is 0 Å². The lowest BCUT2D eigenvalue weighted by Crippen LogP contribution is -1.77. The third-order valence-corrected chi connectivity index (χ3v) is 2.33. The smallest absolute Gasteiger partial charge is 0.117 e. The zero-order valence-electron chi connectivity index (χ0n) is 5.72. The van der Waals surface area contributed by atoms with Crippen molar-refractivity contribution in [2.75, 3.05) is 0 Å². The van der Waals surface area contributed by atoms with Crippen molar-refractivity contribution in [3.05, 3.63) is 10.0 Å². The Morgan fingerprint density at radius 3 is 1.78 bits per heavy atom. The van der Waals surface area contributed by atoms with E-state index in [-0.39, 0.29) is 0 Å². The van der Waals surface area contributed by atoms with Gasteiger partial charge in [-0.3, -0.25) is 0 Å². The highest BCUT2D eigenvalue weighted by Gasteiger charge is 1.97. The van der Waals surface area contributed by atoms with Crippen LogP contribution in [0.15, 0.2) is 0 Å². The summed E-state index contributed by atoms with van der Waals surface area (Å²) in [6.07, 6.45) is 2.02. The Bertz CT molecular complexity index is 164. The molecule has 0 aliphatic heterocycles. The normalized spacial score (nSPS) is 10.0. The van der Waals surface area contributed by atoms with Crippen molar-refractivity contribution < 1.29 is 0 Å². The summed E-state index contributed by atoms with van der Waals surface area (Å²) in [5, 5.41) is 10.2. The van der Waals surface area contributed by atoms with E-state index in [0.717, 1.165) is 22.9 Å². The summed E-state index contributed by atoms with van der Waals surface area (Å²) in [7, 11) is 0. The van der Waals surface area contributed by atoms with Crippen LogP contribution in [0, 0.1) is 0 Å². The molecule has 0 atom stereocenters. The van der Waals surface area contributed by atoms with Crippen LogP contribution in [0.25, 0.3) is 0 Å². The van der Waals surface area contributed by atoms with Crippen molar-refractivity contribution in [1.82, 2.24) is 10.2 Å². The van der Waals surface area contributed by atoms with Gasteiger partial charge in [0.2, 0.25) is 0 Å². The van der Waals surface area contributed by atoms with Gasteiger partial charge in [-0.1, -0.05) is 13.8 Å². The third kappa shape index (κ3) is 1.48. The highest BCUT2D eigenvalue weighted by molar-refractivity contribution is 7.11. The average Bonchev–Trinajstić information content (AvgIpc) is 2.34. The lowest BCUT2D eigenvalue weighted by Gasteiger charge is -1.78. The van der Waals surface area contributed by atoms with Crippen LogP contribution < -0.4 is 0 Å². The molecule has 9 heavy (non-hydrogen) atoms. The molecule has 1 heterocycles. The molecule has 0 unspecified atom stereocenters. The number of hydrogen-bond acceptors (Lipinski definition) is 3. The minimum Gasteiger partial charge on any atom is -0.144 e. The predicted molar refractivity (Wildman–Crippen MR) is 38.7 cm³/mol. The van der Waals surface area contributed by atoms with Crippen LogP contribution in [0.5, 0.6) is 0 Å². The molecule has 0 amide bonds. The average molecular weight is 142 g/mol. The van der Waals surface area contributed by atoms with E-state index in [1.165, 1.54) is 0 Å². The van der Waals surface area contributed by atoms with Crippen molar-refractivity contribution in [3.63, 3.8) is 0 Å². The molecule has 0 N–H and O–H groups in total. The first-order valence-corrected chi connectivity index (χ1v) is 3.99. The Kier molecular flexibility index (Phi) is 2.16. The van der Waals surface area contributed by atoms with Crippen molar-refractivity contribution >= 4 is 11.3 Å². The predicted octanol–water partition coefficient (Wildman–Crippen LogP) is 1.66. The highest BCUT2D eigenvalue weighted by atomic mass is 32.1. The molecule has 0 saturated carbocycles. The van der Waals surface area contributed by atoms with Gasteiger partial charge in [-0.2, -0.15) is 0 Å². The number of hydrogen-bond donors (Lipinski definition) is 0. The molecular weight excluding hydrogens is 132 g/mol. The number of rotatable bonds is 2. The summed E-state index contributed by atoms with van der Waals surface area (Å²) in [6.45, 7) is 4.19. The van der Waals surface area contributed by atoms with E-state index in [4.69, 9.17) is 0 Å². The van der Waals surface area contributed by atoms with Crippen LogP contribution in [0.2, 0.25) is 0 Å². The summed E-state index contributed by atoms with van der Waals surface area (Å²) in [5.41, 5.74) is 0. The van der Waals surface area contributed by atoms with Gasteiger partial charge in [0.15, 0.2) is 0 Å². The Balaban J connectivity index is 2.74. The monoisotopic (exact) mass is 142 g/mol. The molecule has 0 aliphatic carbocycles. The summed E-state index contributed by atoms with van der Waals surface area (Å²) >= 11 is 1.71. The van der Waals surface area contributed by atoms with Gasteiger partial charge in [0.05, 0.1) is 0 Å². The fourth-order valence-corrected chi connectivity index (χ4v) is 1.30. The van der Waals surface area contributed by atoms with Crippen molar-refractivity contribution in [1.29, 1.82) is 0 Å². The molecule has 0 bridgehead atoms. The maximum absolute atomic E-state index is 3.97. The zero-order valence-corrected chi connectivity index (χ0v) is 6.53. The molecule has 1 aromatic rings. The summed E-state index contributed by atoms with van der Waals surface area (Å²) < 4.78 is 0. The minimum absolute atomic E-state index is 1.01. The first kappa shape index (κ1) is 6.68. The molecule has 0 radical (unpaired) electrons. The minimum atomic E-state index is 1.01. The van der Waals surface area contributed by atoms with Gasteiger partial charge in [0.1, 0.15) is 10.0 Å². The van der Waals surface area contributed by atoms with E-state index in [1.54, 1.807) is 11.3 Å². The van der Waals surface area contributed by atoms with E-state index < -0.39 is 0 Å². The number of aryl methyl sites for hydroxylation is 2.